The third-order valence-corrected chi connectivity index (χ3v) is 2.96. The van der Waals surface area contributed by atoms with E-state index in [2.05, 4.69) is 5.32 Å². The van der Waals surface area contributed by atoms with Crippen LogP contribution in [0.1, 0.15) is 25.3 Å². The predicted octanol–water partition coefficient (Wildman–Crippen LogP) is 2.93. The zero-order chi connectivity index (χ0) is 12.3. The van der Waals surface area contributed by atoms with Crippen molar-refractivity contribution in [2.75, 3.05) is 13.2 Å². The van der Waals surface area contributed by atoms with E-state index in [1.165, 1.54) is 6.07 Å². The number of benzene rings is 1. The number of nitrogens with one attached hydrogen (secondary N) is 1. The minimum atomic E-state index is -2.86. The first-order chi connectivity index (χ1) is 8.07. The van der Waals surface area contributed by atoms with Crippen molar-refractivity contribution in [3.05, 3.63) is 29.8 Å². The van der Waals surface area contributed by atoms with Crippen molar-refractivity contribution in [1.82, 2.24) is 5.32 Å². The van der Waals surface area contributed by atoms with Crippen LogP contribution in [-0.2, 0) is 5.92 Å². The standard InChI is InChI=1S/C13H17F2NO/c1-13(14,15)11-6-2-3-7-12(11)17-9-10-5-4-8-16-10/h2-3,6-7,10,16H,4-5,8-9H2,1H3. The smallest absolute Gasteiger partial charge is 0.274 e. The summed E-state index contributed by atoms with van der Waals surface area (Å²) >= 11 is 0. The quantitative estimate of drug-likeness (QED) is 0.875. The first kappa shape index (κ1) is 12.3. The molecule has 1 saturated heterocycles. The van der Waals surface area contributed by atoms with Gasteiger partial charge in [0.1, 0.15) is 12.4 Å². The molecular weight excluding hydrogens is 224 g/mol. The average molecular weight is 241 g/mol. The van der Waals surface area contributed by atoms with E-state index in [1.54, 1.807) is 18.2 Å². The lowest BCUT2D eigenvalue weighted by Gasteiger charge is -2.18. The van der Waals surface area contributed by atoms with Gasteiger partial charge in [-0.2, -0.15) is 0 Å². The van der Waals surface area contributed by atoms with Crippen molar-refractivity contribution < 1.29 is 13.5 Å². The fraction of sp³-hybridized carbons (Fsp3) is 0.538. The third-order valence-electron chi connectivity index (χ3n) is 2.96. The van der Waals surface area contributed by atoms with Gasteiger partial charge >= 0.3 is 0 Å². The second kappa shape index (κ2) is 5.00. The molecule has 1 fully saturated rings. The second-order valence-electron chi connectivity index (χ2n) is 4.49. The summed E-state index contributed by atoms with van der Waals surface area (Å²) in [6.45, 7) is 2.33. The van der Waals surface area contributed by atoms with Crippen molar-refractivity contribution in [1.29, 1.82) is 0 Å². The predicted molar refractivity (Wildman–Crippen MR) is 62.5 cm³/mol. The van der Waals surface area contributed by atoms with Crippen molar-refractivity contribution in [2.24, 2.45) is 0 Å². The molecule has 4 heteroatoms. The van der Waals surface area contributed by atoms with Gasteiger partial charge in [0.25, 0.3) is 5.92 Å². The van der Waals surface area contributed by atoms with E-state index in [-0.39, 0.29) is 17.4 Å². The first-order valence-corrected chi connectivity index (χ1v) is 5.91. The van der Waals surface area contributed by atoms with Crippen LogP contribution in [0.5, 0.6) is 5.75 Å². The Morgan fingerprint density at radius 3 is 2.82 bits per heavy atom. The lowest BCUT2D eigenvalue weighted by molar-refractivity contribution is 0.0143. The maximum atomic E-state index is 13.3. The highest BCUT2D eigenvalue weighted by molar-refractivity contribution is 5.36. The molecule has 94 valence electrons. The minimum Gasteiger partial charge on any atom is -0.491 e. The Hall–Kier alpha value is -1.16. The molecule has 0 spiro atoms. The number of ether oxygens (including phenoxy) is 1. The van der Waals surface area contributed by atoms with Gasteiger partial charge < -0.3 is 10.1 Å². The van der Waals surface area contributed by atoms with Gasteiger partial charge in [0.2, 0.25) is 0 Å². The highest BCUT2D eigenvalue weighted by Gasteiger charge is 2.28. The van der Waals surface area contributed by atoms with Gasteiger partial charge in [-0.1, -0.05) is 12.1 Å². The Labute approximate surface area is 100.0 Å². The Bertz CT molecular complexity index is 370. The van der Waals surface area contributed by atoms with Crippen LogP contribution in [0.15, 0.2) is 24.3 Å². The zero-order valence-corrected chi connectivity index (χ0v) is 9.88. The summed E-state index contributed by atoms with van der Waals surface area (Å²) < 4.78 is 32.1. The van der Waals surface area contributed by atoms with Gasteiger partial charge in [0, 0.05) is 13.0 Å². The summed E-state index contributed by atoms with van der Waals surface area (Å²) in [6, 6.07) is 6.62. The summed E-state index contributed by atoms with van der Waals surface area (Å²) in [7, 11) is 0. The molecule has 0 aliphatic carbocycles. The van der Waals surface area contributed by atoms with Crippen LogP contribution in [0.2, 0.25) is 0 Å². The van der Waals surface area contributed by atoms with Crippen LogP contribution in [0.3, 0.4) is 0 Å². The first-order valence-electron chi connectivity index (χ1n) is 5.91. The summed E-state index contributed by atoms with van der Waals surface area (Å²) in [5.74, 6) is -2.58. The molecule has 1 aliphatic rings. The number of hydrogen-bond donors (Lipinski definition) is 1. The minimum absolute atomic E-state index is 0.0435. The third kappa shape index (κ3) is 3.16. The molecule has 0 amide bonds. The highest BCUT2D eigenvalue weighted by Crippen LogP contribution is 2.34. The van der Waals surface area contributed by atoms with Gasteiger partial charge in [-0.25, -0.2) is 8.78 Å². The largest absolute Gasteiger partial charge is 0.491 e. The van der Waals surface area contributed by atoms with Gasteiger partial charge in [-0.05, 0) is 31.5 Å². The number of hydrogen-bond acceptors (Lipinski definition) is 2. The molecule has 2 rings (SSSR count). The van der Waals surface area contributed by atoms with E-state index in [9.17, 15) is 8.78 Å². The van der Waals surface area contributed by atoms with Crippen molar-refractivity contribution in [2.45, 2.75) is 31.7 Å². The monoisotopic (exact) mass is 241 g/mol. The number of rotatable bonds is 4. The van der Waals surface area contributed by atoms with Crippen LogP contribution in [0.25, 0.3) is 0 Å². The fourth-order valence-electron chi connectivity index (χ4n) is 2.04. The molecule has 1 aromatic carbocycles. The molecule has 1 unspecified atom stereocenters. The number of alkyl halides is 2. The van der Waals surface area contributed by atoms with E-state index in [1.807, 2.05) is 0 Å². The molecular formula is C13H17F2NO. The Morgan fingerprint density at radius 1 is 1.41 bits per heavy atom. The van der Waals surface area contributed by atoms with E-state index in [0.717, 1.165) is 26.3 Å². The van der Waals surface area contributed by atoms with Crippen LogP contribution in [0, 0.1) is 0 Å². The average Bonchev–Trinajstić information content (AvgIpc) is 2.78. The molecule has 2 nitrogen and oxygen atoms in total. The van der Waals surface area contributed by atoms with E-state index < -0.39 is 5.92 Å². The summed E-state index contributed by atoms with van der Waals surface area (Å²) in [6.07, 6.45) is 2.17. The number of halogens is 2. The topological polar surface area (TPSA) is 21.3 Å². The highest BCUT2D eigenvalue weighted by atomic mass is 19.3. The van der Waals surface area contributed by atoms with Crippen LogP contribution >= 0.6 is 0 Å². The van der Waals surface area contributed by atoms with Crippen LogP contribution in [-0.4, -0.2) is 19.2 Å². The van der Waals surface area contributed by atoms with E-state index in [0.29, 0.717) is 6.61 Å². The molecule has 1 heterocycles. The van der Waals surface area contributed by atoms with Crippen molar-refractivity contribution in [3.63, 3.8) is 0 Å². The molecule has 1 aromatic rings. The second-order valence-corrected chi connectivity index (χ2v) is 4.49. The zero-order valence-electron chi connectivity index (χ0n) is 9.88. The maximum absolute atomic E-state index is 13.3. The van der Waals surface area contributed by atoms with Gasteiger partial charge in [-0.3, -0.25) is 0 Å². The Kier molecular flexibility index (Phi) is 3.62. The lowest BCUT2D eigenvalue weighted by Crippen LogP contribution is -2.28. The molecule has 0 saturated carbocycles. The van der Waals surface area contributed by atoms with Gasteiger partial charge in [0.05, 0.1) is 5.56 Å². The van der Waals surface area contributed by atoms with Gasteiger partial charge in [-0.15, -0.1) is 0 Å². The van der Waals surface area contributed by atoms with Gasteiger partial charge in [0.15, 0.2) is 0 Å². The van der Waals surface area contributed by atoms with Crippen molar-refractivity contribution in [3.8, 4) is 5.75 Å². The maximum Gasteiger partial charge on any atom is 0.274 e. The fourth-order valence-corrected chi connectivity index (χ4v) is 2.04. The summed E-state index contributed by atoms with van der Waals surface area (Å²) in [4.78, 5) is 0. The Balaban J connectivity index is 2.04. The SMILES string of the molecule is CC(F)(F)c1ccccc1OCC1CCCN1. The molecule has 0 bridgehead atoms. The number of para-hydroxylation sites is 1. The molecule has 1 aliphatic heterocycles. The molecule has 17 heavy (non-hydrogen) atoms. The van der Waals surface area contributed by atoms with E-state index in [4.69, 9.17) is 4.74 Å². The van der Waals surface area contributed by atoms with Crippen LogP contribution < -0.4 is 10.1 Å². The normalized spacial score (nSPS) is 20.5. The molecule has 1 N–H and O–H groups in total. The summed E-state index contributed by atoms with van der Waals surface area (Å²) in [5, 5.41) is 3.27. The Morgan fingerprint density at radius 2 is 2.18 bits per heavy atom. The molecule has 1 atom stereocenters. The molecule has 0 aromatic heterocycles. The summed E-state index contributed by atoms with van der Waals surface area (Å²) in [5.41, 5.74) is -0.0435. The lowest BCUT2D eigenvalue weighted by atomic mass is 10.1. The van der Waals surface area contributed by atoms with Crippen molar-refractivity contribution >= 4 is 0 Å². The van der Waals surface area contributed by atoms with Crippen LogP contribution in [0.4, 0.5) is 8.78 Å². The molecule has 0 radical (unpaired) electrons. The van der Waals surface area contributed by atoms with E-state index >= 15 is 0 Å².